The summed E-state index contributed by atoms with van der Waals surface area (Å²) in [6.07, 6.45) is 1.95. The lowest BCUT2D eigenvalue weighted by molar-refractivity contribution is -0.116. The number of ether oxygens (including phenoxy) is 1. The van der Waals surface area contributed by atoms with Crippen LogP contribution in [0.15, 0.2) is 72.8 Å². The van der Waals surface area contributed by atoms with Crippen molar-refractivity contribution in [1.29, 1.82) is 0 Å². The first-order valence-corrected chi connectivity index (χ1v) is 12.2. The number of piperidine rings is 1. The molecule has 0 spiro atoms. The van der Waals surface area contributed by atoms with E-state index in [1.807, 2.05) is 48.5 Å². The molecule has 35 heavy (non-hydrogen) atoms. The number of hydrogen-bond acceptors (Lipinski definition) is 4. The highest BCUT2D eigenvalue weighted by atomic mass is 35.5. The van der Waals surface area contributed by atoms with Gasteiger partial charge in [-0.05, 0) is 65.8 Å². The van der Waals surface area contributed by atoms with Gasteiger partial charge in [0.05, 0.1) is 0 Å². The van der Waals surface area contributed by atoms with Crippen molar-refractivity contribution < 1.29 is 14.3 Å². The molecular weight excluding hydrogens is 462 g/mol. The SMILES string of the molecule is NC(=O)OC1CCN(Cc2ccc(CCC(=O)Nc3ccc(-c4ccc(Cl)cc4)cc3)cc2)CC1. The normalized spacial score (nSPS) is 14.4. The Bertz CT molecular complexity index is 1120. The third-order valence-electron chi connectivity index (χ3n) is 6.23. The van der Waals surface area contributed by atoms with Crippen LogP contribution in [0.1, 0.15) is 30.4 Å². The number of nitrogens with two attached hydrogens (primary N) is 1. The lowest BCUT2D eigenvalue weighted by atomic mass is 10.0. The van der Waals surface area contributed by atoms with Crippen LogP contribution in [0.2, 0.25) is 5.02 Å². The van der Waals surface area contributed by atoms with Gasteiger partial charge < -0.3 is 15.8 Å². The second kappa shape index (κ2) is 11.9. The van der Waals surface area contributed by atoms with E-state index in [2.05, 4.69) is 34.5 Å². The van der Waals surface area contributed by atoms with Crippen LogP contribution < -0.4 is 11.1 Å². The molecular formula is C28H30ClN3O3. The summed E-state index contributed by atoms with van der Waals surface area (Å²) in [6, 6.07) is 23.9. The number of hydrogen-bond donors (Lipinski definition) is 2. The van der Waals surface area contributed by atoms with Gasteiger partial charge in [-0.25, -0.2) is 4.79 Å². The Hall–Kier alpha value is -3.35. The van der Waals surface area contributed by atoms with E-state index in [4.69, 9.17) is 22.1 Å². The van der Waals surface area contributed by atoms with Gasteiger partial charge in [-0.15, -0.1) is 0 Å². The van der Waals surface area contributed by atoms with E-state index in [1.54, 1.807) is 0 Å². The Labute approximate surface area is 211 Å². The molecule has 0 bridgehead atoms. The molecule has 0 unspecified atom stereocenters. The van der Waals surface area contributed by atoms with Crippen LogP contribution >= 0.6 is 11.6 Å². The molecule has 7 heteroatoms. The average molecular weight is 492 g/mol. The first kappa shape index (κ1) is 24.8. The van der Waals surface area contributed by atoms with Crippen molar-refractivity contribution in [1.82, 2.24) is 4.90 Å². The van der Waals surface area contributed by atoms with Crippen LogP contribution in [0.5, 0.6) is 0 Å². The Balaban J connectivity index is 1.20. The lowest BCUT2D eigenvalue weighted by Crippen LogP contribution is -2.38. The van der Waals surface area contributed by atoms with Crippen molar-refractivity contribution in [2.45, 2.75) is 38.3 Å². The summed E-state index contributed by atoms with van der Waals surface area (Å²) in [5, 5.41) is 3.68. The van der Waals surface area contributed by atoms with E-state index in [9.17, 15) is 9.59 Å². The van der Waals surface area contributed by atoms with Gasteiger partial charge in [0.15, 0.2) is 0 Å². The van der Waals surface area contributed by atoms with Crippen molar-refractivity contribution in [3.63, 3.8) is 0 Å². The van der Waals surface area contributed by atoms with Crippen molar-refractivity contribution in [2.24, 2.45) is 5.73 Å². The molecule has 182 valence electrons. The van der Waals surface area contributed by atoms with E-state index in [0.29, 0.717) is 17.9 Å². The molecule has 6 nitrogen and oxygen atoms in total. The number of primary amides is 1. The van der Waals surface area contributed by atoms with E-state index in [0.717, 1.165) is 54.9 Å². The number of nitrogens with one attached hydrogen (secondary N) is 1. The maximum absolute atomic E-state index is 12.4. The number of aryl methyl sites for hydroxylation is 1. The minimum absolute atomic E-state index is 0.00521. The zero-order valence-electron chi connectivity index (χ0n) is 19.6. The van der Waals surface area contributed by atoms with Crippen LogP contribution in [-0.4, -0.2) is 36.1 Å². The van der Waals surface area contributed by atoms with E-state index >= 15 is 0 Å². The van der Waals surface area contributed by atoms with E-state index < -0.39 is 6.09 Å². The monoisotopic (exact) mass is 491 g/mol. The lowest BCUT2D eigenvalue weighted by Gasteiger charge is -2.31. The van der Waals surface area contributed by atoms with Gasteiger partial charge >= 0.3 is 6.09 Å². The summed E-state index contributed by atoms with van der Waals surface area (Å²) in [6.45, 7) is 2.61. The van der Waals surface area contributed by atoms with Gasteiger partial charge in [-0.1, -0.05) is 60.1 Å². The third-order valence-corrected chi connectivity index (χ3v) is 6.49. The average Bonchev–Trinajstić information content (AvgIpc) is 2.86. The fraction of sp³-hybridized carbons (Fsp3) is 0.286. The Morgan fingerprint density at radius 1 is 0.886 bits per heavy atom. The van der Waals surface area contributed by atoms with Crippen LogP contribution in [0.4, 0.5) is 10.5 Å². The van der Waals surface area contributed by atoms with Gasteiger partial charge in [-0.2, -0.15) is 0 Å². The van der Waals surface area contributed by atoms with Crippen molar-refractivity contribution in [2.75, 3.05) is 18.4 Å². The molecule has 3 aromatic carbocycles. The van der Waals surface area contributed by atoms with E-state index in [1.165, 1.54) is 5.56 Å². The maximum atomic E-state index is 12.4. The molecule has 0 atom stereocenters. The van der Waals surface area contributed by atoms with Gasteiger partial charge in [-0.3, -0.25) is 9.69 Å². The number of carbonyl (C=O) groups excluding carboxylic acids is 2. The Morgan fingerprint density at radius 3 is 2.06 bits per heavy atom. The Morgan fingerprint density at radius 2 is 1.46 bits per heavy atom. The van der Waals surface area contributed by atoms with Crippen molar-refractivity contribution in [3.05, 3.63) is 88.9 Å². The summed E-state index contributed by atoms with van der Waals surface area (Å²) in [5.41, 5.74) is 10.4. The number of anilines is 1. The summed E-state index contributed by atoms with van der Waals surface area (Å²) in [7, 11) is 0. The van der Waals surface area contributed by atoms with Crippen LogP contribution in [0, 0.1) is 0 Å². The summed E-state index contributed by atoms with van der Waals surface area (Å²) in [4.78, 5) is 25.7. The van der Waals surface area contributed by atoms with Crippen LogP contribution in [-0.2, 0) is 22.5 Å². The molecule has 3 aromatic rings. The number of likely N-dealkylation sites (tertiary alicyclic amines) is 1. The van der Waals surface area contributed by atoms with Gasteiger partial charge in [0.25, 0.3) is 0 Å². The second-order valence-corrected chi connectivity index (χ2v) is 9.30. The molecule has 0 radical (unpaired) electrons. The van der Waals surface area contributed by atoms with E-state index in [-0.39, 0.29) is 12.0 Å². The van der Waals surface area contributed by atoms with Crippen LogP contribution in [0.25, 0.3) is 11.1 Å². The smallest absolute Gasteiger partial charge is 0.404 e. The highest BCUT2D eigenvalue weighted by Gasteiger charge is 2.21. The number of carbonyl (C=O) groups is 2. The first-order valence-electron chi connectivity index (χ1n) is 11.9. The largest absolute Gasteiger partial charge is 0.446 e. The number of nitrogens with zero attached hydrogens (tertiary/aromatic N) is 1. The molecule has 1 aliphatic heterocycles. The summed E-state index contributed by atoms with van der Waals surface area (Å²) in [5.74, 6) is -0.00521. The number of rotatable bonds is 8. The Kier molecular flexibility index (Phi) is 8.40. The molecule has 1 heterocycles. The number of amides is 2. The molecule has 4 rings (SSSR count). The maximum Gasteiger partial charge on any atom is 0.404 e. The van der Waals surface area contributed by atoms with Crippen LogP contribution in [0.3, 0.4) is 0 Å². The number of halogens is 1. The van der Waals surface area contributed by atoms with Crippen molar-refractivity contribution in [3.8, 4) is 11.1 Å². The fourth-order valence-electron chi connectivity index (χ4n) is 4.29. The summed E-state index contributed by atoms with van der Waals surface area (Å²) < 4.78 is 5.09. The van der Waals surface area contributed by atoms with Gasteiger partial charge in [0.2, 0.25) is 5.91 Å². The predicted octanol–water partition coefficient (Wildman–Crippen LogP) is 5.64. The zero-order chi connectivity index (χ0) is 24.6. The molecule has 1 saturated heterocycles. The van der Waals surface area contributed by atoms with Crippen molar-refractivity contribution >= 4 is 29.3 Å². The van der Waals surface area contributed by atoms with Gasteiger partial charge in [0, 0.05) is 36.8 Å². The topological polar surface area (TPSA) is 84.7 Å². The predicted molar refractivity (Wildman–Crippen MR) is 139 cm³/mol. The second-order valence-electron chi connectivity index (χ2n) is 8.86. The van der Waals surface area contributed by atoms with Gasteiger partial charge in [0.1, 0.15) is 6.10 Å². The quantitative estimate of drug-likeness (QED) is 0.427. The minimum atomic E-state index is -0.695. The third kappa shape index (κ3) is 7.57. The molecule has 1 fully saturated rings. The standard InChI is InChI=1S/C28H30ClN3O3/c29-24-10-6-22(7-11-24)23-8-12-25(13-9-23)31-27(33)14-5-20-1-3-21(4-2-20)19-32-17-15-26(16-18-32)35-28(30)34/h1-4,6-13,26H,5,14-19H2,(H2,30,34)(H,31,33). The zero-order valence-corrected chi connectivity index (χ0v) is 20.3. The first-order chi connectivity index (χ1) is 16.9. The molecule has 1 aliphatic rings. The highest BCUT2D eigenvalue weighted by molar-refractivity contribution is 6.30. The molecule has 3 N–H and O–H groups in total. The molecule has 0 aromatic heterocycles. The highest BCUT2D eigenvalue weighted by Crippen LogP contribution is 2.23. The molecule has 0 saturated carbocycles. The minimum Gasteiger partial charge on any atom is -0.446 e. The number of benzene rings is 3. The molecule has 2 amide bonds. The summed E-state index contributed by atoms with van der Waals surface area (Å²) >= 11 is 5.95. The molecule has 0 aliphatic carbocycles. The fourth-order valence-corrected chi connectivity index (χ4v) is 4.41.